The molecule has 3 rings (SSSR count). The van der Waals surface area contributed by atoms with E-state index < -0.39 is 28.5 Å². The van der Waals surface area contributed by atoms with Gasteiger partial charge in [0, 0.05) is 34.6 Å². The summed E-state index contributed by atoms with van der Waals surface area (Å²) in [4.78, 5) is 29.2. The minimum Gasteiger partial charge on any atom is -0.352 e. The van der Waals surface area contributed by atoms with Crippen molar-refractivity contribution in [2.24, 2.45) is 0 Å². The van der Waals surface area contributed by atoms with Crippen LogP contribution in [0.3, 0.4) is 0 Å². The van der Waals surface area contributed by atoms with Crippen molar-refractivity contribution in [3.8, 4) is 0 Å². The first-order valence-electron chi connectivity index (χ1n) is 12.7. The van der Waals surface area contributed by atoms with Crippen LogP contribution in [0.2, 0.25) is 15.1 Å². The lowest BCUT2D eigenvalue weighted by Crippen LogP contribution is -2.54. The predicted molar refractivity (Wildman–Crippen MR) is 162 cm³/mol. The maximum Gasteiger partial charge on any atom is 0.244 e. The Hall–Kier alpha value is -2.78. The number of anilines is 1. The van der Waals surface area contributed by atoms with Crippen LogP contribution in [0.15, 0.2) is 72.8 Å². The highest BCUT2D eigenvalue weighted by Gasteiger charge is 2.34. The normalized spacial score (nSPS) is 12.8. The Morgan fingerprint density at radius 2 is 1.45 bits per heavy atom. The Balaban J connectivity index is 2.12. The van der Waals surface area contributed by atoms with Gasteiger partial charge in [-0.3, -0.25) is 13.9 Å². The first-order valence-corrected chi connectivity index (χ1v) is 15.7. The molecule has 1 N–H and O–H groups in total. The number of amides is 2. The number of hydrogen-bond donors (Lipinski definition) is 1. The van der Waals surface area contributed by atoms with Crippen LogP contribution in [0, 0.1) is 0 Å². The highest BCUT2D eigenvalue weighted by Crippen LogP contribution is 2.30. The number of carbonyl (C=O) groups is 2. The number of para-hydroxylation sites is 1. The molecule has 0 aliphatic carbocycles. The Morgan fingerprint density at radius 1 is 0.875 bits per heavy atom. The zero-order valence-electron chi connectivity index (χ0n) is 22.5. The van der Waals surface area contributed by atoms with E-state index in [1.807, 2.05) is 44.2 Å². The Kier molecular flexibility index (Phi) is 11.3. The van der Waals surface area contributed by atoms with Gasteiger partial charge in [-0.1, -0.05) is 90.3 Å². The molecule has 0 aliphatic rings. The molecule has 0 aromatic heterocycles. The number of halogens is 3. The molecule has 0 aliphatic heterocycles. The summed E-state index contributed by atoms with van der Waals surface area (Å²) < 4.78 is 26.7. The van der Waals surface area contributed by atoms with Crippen molar-refractivity contribution >= 4 is 62.3 Å². The Bertz CT molecular complexity index is 1420. The summed E-state index contributed by atoms with van der Waals surface area (Å²) in [5, 5.41) is 3.77. The van der Waals surface area contributed by atoms with Crippen LogP contribution >= 0.6 is 34.8 Å². The number of nitrogens with one attached hydrogen (secondary N) is 1. The molecule has 7 nitrogen and oxygen atoms in total. The lowest BCUT2D eigenvalue weighted by molar-refractivity contribution is -0.140. The third-order valence-electron chi connectivity index (χ3n) is 6.46. The van der Waals surface area contributed by atoms with E-state index in [-0.39, 0.29) is 35.6 Å². The number of hydrogen-bond acceptors (Lipinski definition) is 4. The van der Waals surface area contributed by atoms with E-state index >= 15 is 0 Å². The monoisotopic (exact) mass is 623 g/mol. The zero-order chi connectivity index (χ0) is 29.4. The van der Waals surface area contributed by atoms with Crippen LogP contribution in [0.5, 0.6) is 0 Å². The van der Waals surface area contributed by atoms with E-state index in [1.165, 1.54) is 11.0 Å². The molecule has 0 saturated heterocycles. The minimum absolute atomic E-state index is 0.122. The quantitative estimate of drug-likeness (QED) is 0.269. The molecule has 0 heterocycles. The Morgan fingerprint density at radius 3 is 2.02 bits per heavy atom. The number of nitrogens with zero attached hydrogens (tertiary/aromatic N) is 2. The molecule has 0 bridgehead atoms. The van der Waals surface area contributed by atoms with Gasteiger partial charge in [-0.05, 0) is 43.2 Å². The van der Waals surface area contributed by atoms with Crippen molar-refractivity contribution in [2.75, 3.05) is 17.1 Å². The molecular formula is C29H32Cl3N3O4S. The number of carbonyl (C=O) groups excluding carboxylic acids is 2. The lowest BCUT2D eigenvalue weighted by atomic mass is 10.0. The maximum atomic E-state index is 14.1. The van der Waals surface area contributed by atoms with E-state index in [0.717, 1.165) is 16.1 Å². The largest absolute Gasteiger partial charge is 0.352 e. The second kappa shape index (κ2) is 14.2. The van der Waals surface area contributed by atoms with Gasteiger partial charge in [0.05, 0.1) is 17.0 Å². The fourth-order valence-corrected chi connectivity index (χ4v) is 5.76. The molecule has 3 aromatic rings. The first kappa shape index (κ1) is 31.7. The lowest BCUT2D eigenvalue weighted by Gasteiger charge is -2.34. The topological polar surface area (TPSA) is 86.8 Å². The summed E-state index contributed by atoms with van der Waals surface area (Å²) in [5.74, 6) is -1.00. The summed E-state index contributed by atoms with van der Waals surface area (Å²) >= 11 is 19.3. The van der Waals surface area contributed by atoms with Crippen molar-refractivity contribution in [2.45, 2.75) is 45.3 Å². The molecule has 11 heteroatoms. The predicted octanol–water partition coefficient (Wildman–Crippen LogP) is 5.97. The fraction of sp³-hybridized carbons (Fsp3) is 0.310. The van der Waals surface area contributed by atoms with Crippen molar-refractivity contribution in [1.82, 2.24) is 10.2 Å². The highest BCUT2D eigenvalue weighted by atomic mass is 35.5. The van der Waals surface area contributed by atoms with Gasteiger partial charge in [0.1, 0.15) is 12.6 Å². The zero-order valence-corrected chi connectivity index (χ0v) is 25.6. The van der Waals surface area contributed by atoms with Crippen LogP contribution in [0.1, 0.15) is 31.4 Å². The summed E-state index contributed by atoms with van der Waals surface area (Å²) in [7, 11) is -3.94. The smallest absolute Gasteiger partial charge is 0.244 e. The van der Waals surface area contributed by atoms with Gasteiger partial charge in [-0.25, -0.2) is 8.42 Å². The number of benzene rings is 3. The molecule has 0 spiro atoms. The van der Waals surface area contributed by atoms with Gasteiger partial charge in [0.2, 0.25) is 21.8 Å². The summed E-state index contributed by atoms with van der Waals surface area (Å²) in [6, 6.07) is 19.4. The first-order chi connectivity index (χ1) is 18.9. The van der Waals surface area contributed by atoms with Crippen molar-refractivity contribution in [3.05, 3.63) is 99.0 Å². The molecule has 0 radical (unpaired) electrons. The van der Waals surface area contributed by atoms with Crippen molar-refractivity contribution in [1.29, 1.82) is 0 Å². The molecule has 2 atom stereocenters. The third-order valence-corrected chi connectivity index (χ3v) is 8.62. The van der Waals surface area contributed by atoms with Crippen LogP contribution in [-0.4, -0.2) is 50.0 Å². The second-order valence-corrected chi connectivity index (χ2v) is 12.6. The van der Waals surface area contributed by atoms with E-state index in [9.17, 15) is 18.0 Å². The standard InChI is InChI=1S/C29H32Cl3N3O4S/c1-4-20(2)33-29(37)27(17-21-11-6-5-7-12-21)34(18-22-23(30)14-10-15-24(22)31)28(36)19-35(40(3,38)39)26-16-9-8-13-25(26)32/h5-16,20,27H,4,17-19H2,1-3H3,(H,33,37)/t20-,27+/m0/s1. The van der Waals surface area contributed by atoms with Gasteiger partial charge >= 0.3 is 0 Å². The molecule has 0 saturated carbocycles. The van der Waals surface area contributed by atoms with Gasteiger partial charge in [-0.15, -0.1) is 0 Å². The van der Waals surface area contributed by atoms with Crippen LogP contribution < -0.4 is 9.62 Å². The molecule has 0 unspecified atom stereocenters. The molecular weight excluding hydrogens is 593 g/mol. The van der Waals surface area contributed by atoms with E-state index in [2.05, 4.69) is 5.32 Å². The molecule has 2 amide bonds. The number of sulfonamides is 1. The molecule has 214 valence electrons. The van der Waals surface area contributed by atoms with Gasteiger partial charge in [0.15, 0.2) is 0 Å². The van der Waals surface area contributed by atoms with Gasteiger partial charge in [-0.2, -0.15) is 0 Å². The SMILES string of the molecule is CC[C@H](C)NC(=O)[C@@H](Cc1ccccc1)N(Cc1c(Cl)cccc1Cl)C(=O)CN(c1ccccc1Cl)S(C)(=O)=O. The van der Waals surface area contributed by atoms with Crippen molar-refractivity contribution < 1.29 is 18.0 Å². The molecule has 40 heavy (non-hydrogen) atoms. The Labute approximate surface area is 251 Å². The summed E-state index contributed by atoms with van der Waals surface area (Å²) in [6.07, 6.45) is 1.86. The third kappa shape index (κ3) is 8.36. The van der Waals surface area contributed by atoms with Gasteiger partial charge in [0.25, 0.3) is 0 Å². The average Bonchev–Trinajstić information content (AvgIpc) is 2.91. The van der Waals surface area contributed by atoms with Crippen molar-refractivity contribution in [3.63, 3.8) is 0 Å². The van der Waals surface area contributed by atoms with E-state index in [1.54, 1.807) is 36.4 Å². The average molecular weight is 625 g/mol. The number of rotatable bonds is 12. The van der Waals surface area contributed by atoms with Crippen LogP contribution in [0.25, 0.3) is 0 Å². The maximum absolute atomic E-state index is 14.1. The fourth-order valence-electron chi connectivity index (χ4n) is 4.10. The molecule has 0 fully saturated rings. The second-order valence-electron chi connectivity index (χ2n) is 9.47. The van der Waals surface area contributed by atoms with Gasteiger partial charge < -0.3 is 10.2 Å². The van der Waals surface area contributed by atoms with E-state index in [0.29, 0.717) is 22.0 Å². The highest BCUT2D eigenvalue weighted by molar-refractivity contribution is 7.92. The van der Waals surface area contributed by atoms with E-state index in [4.69, 9.17) is 34.8 Å². The summed E-state index contributed by atoms with van der Waals surface area (Å²) in [5.41, 5.74) is 1.41. The summed E-state index contributed by atoms with van der Waals surface area (Å²) in [6.45, 7) is 3.10. The minimum atomic E-state index is -3.94. The molecule has 3 aromatic carbocycles. The van der Waals surface area contributed by atoms with Crippen LogP contribution in [0.4, 0.5) is 5.69 Å². The van der Waals surface area contributed by atoms with Crippen LogP contribution in [-0.2, 0) is 32.6 Å².